The molecule has 7 nitrogen and oxygen atoms in total. The number of thiocarbonyl (C=S) groups is 1. The molecule has 0 aliphatic heterocycles. The first-order chi connectivity index (χ1) is 14.3. The maximum atomic E-state index is 12.4. The van der Waals surface area contributed by atoms with E-state index < -0.39 is 5.91 Å². The lowest BCUT2D eigenvalue weighted by atomic mass is 10.1. The quantitative estimate of drug-likeness (QED) is 0.217. The minimum absolute atomic E-state index is 0.0495. The van der Waals surface area contributed by atoms with Crippen molar-refractivity contribution in [3.63, 3.8) is 0 Å². The second kappa shape index (κ2) is 9.41. The van der Waals surface area contributed by atoms with Crippen LogP contribution in [0.3, 0.4) is 0 Å². The molecule has 0 aliphatic carbocycles. The number of phenols is 2. The molecular weight excluding hydrogens is 536 g/mol. The molecule has 0 bridgehead atoms. The molecule has 1 amide bonds. The molecule has 10 heteroatoms. The highest BCUT2D eigenvalue weighted by atomic mass is 79.9. The van der Waals surface area contributed by atoms with Crippen LogP contribution in [0.25, 0.3) is 10.8 Å². The molecule has 0 aliphatic rings. The van der Waals surface area contributed by atoms with Crippen LogP contribution >= 0.6 is 44.1 Å². The molecule has 30 heavy (non-hydrogen) atoms. The standard InChI is InChI=1S/C20H16Br2N4O3S/c21-15-8-13(18(28)17(22)19(15)29)9-24-25-16(27)10-26(20(23)30)14-6-5-11-3-1-2-4-12(11)7-14/h1-9,28-29H,10H2,(H2,23,30)(H,25,27)/b24-9+. The summed E-state index contributed by atoms with van der Waals surface area (Å²) < 4.78 is 0.469. The van der Waals surface area contributed by atoms with Crippen molar-refractivity contribution < 1.29 is 15.0 Å². The van der Waals surface area contributed by atoms with E-state index in [1.165, 1.54) is 17.2 Å². The van der Waals surface area contributed by atoms with Gasteiger partial charge in [-0.25, -0.2) is 5.43 Å². The Morgan fingerprint density at radius 2 is 1.83 bits per heavy atom. The summed E-state index contributed by atoms with van der Waals surface area (Å²) in [5, 5.41) is 25.8. The number of carbonyl (C=O) groups is 1. The van der Waals surface area contributed by atoms with Gasteiger partial charge in [-0.05, 0) is 73.0 Å². The van der Waals surface area contributed by atoms with E-state index in [0.717, 1.165) is 10.8 Å². The molecule has 0 atom stereocenters. The van der Waals surface area contributed by atoms with Crippen molar-refractivity contribution in [1.82, 2.24) is 5.43 Å². The first kappa shape index (κ1) is 22.0. The molecule has 3 rings (SSSR count). The number of nitrogens with zero attached hydrogens (tertiary/aromatic N) is 2. The molecule has 0 aromatic heterocycles. The molecule has 154 valence electrons. The van der Waals surface area contributed by atoms with Crippen LogP contribution in [0.4, 0.5) is 5.69 Å². The molecule has 0 radical (unpaired) electrons. The number of halogens is 2. The van der Waals surface area contributed by atoms with Crippen LogP contribution in [0.1, 0.15) is 5.56 Å². The van der Waals surface area contributed by atoms with Gasteiger partial charge in [0.25, 0.3) is 5.91 Å². The monoisotopic (exact) mass is 550 g/mol. The zero-order valence-corrected chi connectivity index (χ0v) is 19.3. The maximum absolute atomic E-state index is 12.4. The minimum atomic E-state index is -0.455. The van der Waals surface area contributed by atoms with E-state index in [1.54, 1.807) is 0 Å². The number of rotatable bonds is 5. The van der Waals surface area contributed by atoms with E-state index in [-0.39, 0.29) is 33.2 Å². The largest absolute Gasteiger partial charge is 0.506 e. The summed E-state index contributed by atoms with van der Waals surface area (Å²) >= 11 is 11.4. The fourth-order valence-corrected chi connectivity index (χ4v) is 4.03. The zero-order valence-electron chi connectivity index (χ0n) is 15.3. The van der Waals surface area contributed by atoms with Crippen molar-refractivity contribution in [2.24, 2.45) is 10.8 Å². The normalized spacial score (nSPS) is 11.0. The number of amides is 1. The summed E-state index contributed by atoms with van der Waals surface area (Å²) in [7, 11) is 0. The lowest BCUT2D eigenvalue weighted by molar-refractivity contribution is -0.119. The molecule has 0 fully saturated rings. The van der Waals surface area contributed by atoms with Crippen molar-refractivity contribution in [2.75, 3.05) is 11.4 Å². The van der Waals surface area contributed by atoms with E-state index in [0.29, 0.717) is 10.2 Å². The van der Waals surface area contributed by atoms with Crippen molar-refractivity contribution in [1.29, 1.82) is 0 Å². The molecular formula is C20H16Br2N4O3S. The van der Waals surface area contributed by atoms with Gasteiger partial charge in [0.2, 0.25) is 0 Å². The van der Waals surface area contributed by atoms with Crippen LogP contribution in [0.15, 0.2) is 62.6 Å². The van der Waals surface area contributed by atoms with E-state index >= 15 is 0 Å². The van der Waals surface area contributed by atoms with Crippen molar-refractivity contribution in [3.8, 4) is 11.5 Å². The average molecular weight is 552 g/mol. The number of hydrazone groups is 1. The molecule has 5 N–H and O–H groups in total. The first-order valence-electron chi connectivity index (χ1n) is 8.55. The number of nitrogens with one attached hydrogen (secondary N) is 1. The van der Waals surface area contributed by atoms with Gasteiger partial charge < -0.3 is 20.8 Å². The topological polar surface area (TPSA) is 111 Å². The van der Waals surface area contributed by atoms with Crippen LogP contribution in [-0.4, -0.2) is 34.0 Å². The number of hydrogen-bond acceptors (Lipinski definition) is 5. The number of fused-ring (bicyclic) bond motifs is 1. The molecule has 0 unspecified atom stereocenters. The summed E-state index contributed by atoms with van der Waals surface area (Å²) in [5.41, 5.74) is 9.16. The number of benzene rings is 3. The third kappa shape index (κ3) is 4.89. The van der Waals surface area contributed by atoms with Gasteiger partial charge in [-0.1, -0.05) is 30.3 Å². The summed E-state index contributed by atoms with van der Waals surface area (Å²) in [4.78, 5) is 13.9. The smallest absolute Gasteiger partial charge is 0.260 e. The van der Waals surface area contributed by atoms with E-state index in [2.05, 4.69) is 42.4 Å². The van der Waals surface area contributed by atoms with Crippen LogP contribution in [0.5, 0.6) is 11.5 Å². The van der Waals surface area contributed by atoms with Gasteiger partial charge in [0, 0.05) is 11.3 Å². The lowest BCUT2D eigenvalue weighted by Crippen LogP contribution is -2.42. The third-order valence-corrected chi connectivity index (χ3v) is 5.78. The molecule has 0 saturated carbocycles. The van der Waals surface area contributed by atoms with Gasteiger partial charge in [-0.15, -0.1) is 0 Å². The van der Waals surface area contributed by atoms with E-state index in [4.69, 9.17) is 18.0 Å². The predicted molar refractivity (Wildman–Crippen MR) is 129 cm³/mol. The number of carbonyl (C=O) groups excluding carboxylic acids is 1. The fraction of sp³-hybridized carbons (Fsp3) is 0.0500. The summed E-state index contributed by atoms with van der Waals surface area (Å²) in [5.74, 6) is -0.811. The zero-order chi connectivity index (χ0) is 21.8. The number of nitrogens with two attached hydrogens (primary N) is 1. The van der Waals surface area contributed by atoms with Gasteiger partial charge >= 0.3 is 0 Å². The summed E-state index contributed by atoms with van der Waals surface area (Å²) in [6.07, 6.45) is 1.25. The van der Waals surface area contributed by atoms with Gasteiger partial charge in [0.05, 0.1) is 10.7 Å². The van der Waals surface area contributed by atoms with Gasteiger partial charge in [-0.3, -0.25) is 4.79 Å². The fourth-order valence-electron chi connectivity index (χ4n) is 2.71. The number of hydrogen-bond donors (Lipinski definition) is 4. The second-order valence-electron chi connectivity index (χ2n) is 6.21. The Hall–Kier alpha value is -2.69. The van der Waals surface area contributed by atoms with Gasteiger partial charge in [-0.2, -0.15) is 5.10 Å². The highest BCUT2D eigenvalue weighted by Gasteiger charge is 2.15. The molecule has 0 heterocycles. The Bertz CT molecular complexity index is 1170. The van der Waals surface area contributed by atoms with Crippen molar-refractivity contribution in [2.45, 2.75) is 0 Å². The van der Waals surface area contributed by atoms with Crippen molar-refractivity contribution in [3.05, 3.63) is 63.0 Å². The predicted octanol–water partition coefficient (Wildman–Crippen LogP) is 3.98. The second-order valence-corrected chi connectivity index (χ2v) is 8.27. The molecule has 3 aromatic carbocycles. The average Bonchev–Trinajstić information content (AvgIpc) is 2.73. The highest BCUT2D eigenvalue weighted by molar-refractivity contribution is 9.11. The van der Waals surface area contributed by atoms with Crippen LogP contribution in [0.2, 0.25) is 0 Å². The SMILES string of the molecule is NC(=S)N(CC(=O)N/N=C/c1cc(Br)c(O)c(Br)c1O)c1ccc2ccccc2c1. The number of anilines is 1. The van der Waals surface area contributed by atoms with E-state index in [9.17, 15) is 15.0 Å². The molecule has 3 aromatic rings. The third-order valence-electron chi connectivity index (χ3n) is 4.20. The Balaban J connectivity index is 1.73. The lowest BCUT2D eigenvalue weighted by Gasteiger charge is -2.22. The van der Waals surface area contributed by atoms with Crippen LogP contribution in [-0.2, 0) is 4.79 Å². The number of phenolic OH excluding ortho intramolecular Hbond substituents is 2. The molecule has 0 spiro atoms. The van der Waals surface area contributed by atoms with Crippen LogP contribution < -0.4 is 16.1 Å². The molecule has 0 saturated heterocycles. The minimum Gasteiger partial charge on any atom is -0.506 e. The maximum Gasteiger partial charge on any atom is 0.260 e. The Kier molecular flexibility index (Phi) is 6.91. The van der Waals surface area contributed by atoms with E-state index in [1.807, 2.05) is 42.5 Å². The highest BCUT2D eigenvalue weighted by Crippen LogP contribution is 2.40. The summed E-state index contributed by atoms with van der Waals surface area (Å²) in [6.45, 7) is -0.139. The van der Waals surface area contributed by atoms with Gasteiger partial charge in [0.15, 0.2) is 5.11 Å². The van der Waals surface area contributed by atoms with Crippen molar-refractivity contribution >= 4 is 77.8 Å². The first-order valence-corrected chi connectivity index (χ1v) is 10.5. The summed E-state index contributed by atoms with van der Waals surface area (Å²) in [6, 6.07) is 14.9. The Morgan fingerprint density at radius 1 is 1.13 bits per heavy atom. The Morgan fingerprint density at radius 3 is 2.53 bits per heavy atom. The Labute approximate surface area is 194 Å². The number of aromatic hydroxyl groups is 2. The van der Waals surface area contributed by atoms with Crippen LogP contribution in [0, 0.1) is 0 Å². The van der Waals surface area contributed by atoms with Gasteiger partial charge in [0.1, 0.15) is 22.5 Å².